The molecule has 0 saturated heterocycles. The summed E-state index contributed by atoms with van der Waals surface area (Å²) in [6.07, 6.45) is 0.151. The normalized spacial score (nSPS) is 14.5. The van der Waals surface area contributed by atoms with E-state index in [4.69, 9.17) is 17.3 Å². The zero-order valence-corrected chi connectivity index (χ0v) is 11.5. The molecule has 102 valence electrons. The fourth-order valence-electron chi connectivity index (χ4n) is 2.21. The number of carbonyl (C=O) groups is 1. The van der Waals surface area contributed by atoms with E-state index < -0.39 is 5.91 Å². The number of benzene rings is 1. The molecule has 0 bridgehead atoms. The summed E-state index contributed by atoms with van der Waals surface area (Å²) in [7, 11) is 0. The molecular formula is C13H15ClFN3O. The predicted octanol–water partition coefficient (Wildman–Crippen LogP) is 2.91. The Kier molecular flexibility index (Phi) is 3.75. The third-order valence-electron chi connectivity index (χ3n) is 2.97. The van der Waals surface area contributed by atoms with Crippen molar-refractivity contribution < 1.29 is 9.18 Å². The first-order chi connectivity index (χ1) is 8.90. The van der Waals surface area contributed by atoms with Crippen LogP contribution in [0.25, 0.3) is 11.0 Å². The summed E-state index contributed by atoms with van der Waals surface area (Å²) in [4.78, 5) is 15.5. The van der Waals surface area contributed by atoms with Crippen LogP contribution in [0.3, 0.4) is 0 Å². The lowest BCUT2D eigenvalue weighted by Crippen LogP contribution is -2.19. The third kappa shape index (κ3) is 2.71. The van der Waals surface area contributed by atoms with E-state index in [0.717, 1.165) is 0 Å². The fourth-order valence-corrected chi connectivity index (χ4v) is 2.36. The van der Waals surface area contributed by atoms with E-state index in [1.54, 1.807) is 17.6 Å². The van der Waals surface area contributed by atoms with Gasteiger partial charge < -0.3 is 10.3 Å². The van der Waals surface area contributed by atoms with Crippen LogP contribution in [0, 0.1) is 5.82 Å². The largest absolute Gasteiger partial charge is 0.370 e. The van der Waals surface area contributed by atoms with E-state index in [1.165, 1.54) is 12.1 Å². The summed E-state index contributed by atoms with van der Waals surface area (Å²) in [6, 6.07) is 4.12. The highest BCUT2D eigenvalue weighted by atomic mass is 35.5. The maximum absolute atomic E-state index is 13.4. The molecule has 0 aliphatic carbocycles. The van der Waals surface area contributed by atoms with Gasteiger partial charge in [-0.25, -0.2) is 9.37 Å². The van der Waals surface area contributed by atoms with Crippen molar-refractivity contribution in [1.29, 1.82) is 0 Å². The van der Waals surface area contributed by atoms with Gasteiger partial charge in [0.05, 0.1) is 16.4 Å². The van der Waals surface area contributed by atoms with Gasteiger partial charge in [0.1, 0.15) is 11.6 Å². The van der Waals surface area contributed by atoms with Crippen molar-refractivity contribution in [1.82, 2.24) is 9.55 Å². The first-order valence-electron chi connectivity index (χ1n) is 6.00. The van der Waals surface area contributed by atoms with E-state index in [1.807, 2.05) is 6.92 Å². The number of fused-ring (bicyclic) bond motifs is 1. The molecule has 0 aliphatic heterocycles. The minimum Gasteiger partial charge on any atom is -0.370 e. The van der Waals surface area contributed by atoms with Gasteiger partial charge >= 0.3 is 0 Å². The Morgan fingerprint density at radius 1 is 1.53 bits per heavy atom. The van der Waals surface area contributed by atoms with Crippen LogP contribution in [0.2, 0.25) is 0 Å². The Morgan fingerprint density at radius 3 is 2.79 bits per heavy atom. The van der Waals surface area contributed by atoms with E-state index in [9.17, 15) is 9.18 Å². The van der Waals surface area contributed by atoms with Crippen LogP contribution in [0.5, 0.6) is 0 Å². The van der Waals surface area contributed by atoms with Crippen molar-refractivity contribution in [2.45, 2.75) is 31.7 Å². The van der Waals surface area contributed by atoms with Gasteiger partial charge in [-0.15, -0.1) is 11.6 Å². The predicted molar refractivity (Wildman–Crippen MR) is 72.5 cm³/mol. The lowest BCUT2D eigenvalue weighted by atomic mass is 10.2. The number of amides is 1. The Labute approximate surface area is 115 Å². The standard InChI is InChI=1S/C13H15ClFN3O/c1-7(5-12(16)19)18-11-6-9(15)3-4-10(11)17-13(18)8(2)14/h3-4,6-8H,5H2,1-2H3,(H2,16,19). The highest BCUT2D eigenvalue weighted by molar-refractivity contribution is 6.20. The smallest absolute Gasteiger partial charge is 0.219 e. The molecule has 0 aliphatic rings. The van der Waals surface area contributed by atoms with E-state index in [2.05, 4.69) is 4.98 Å². The minimum atomic E-state index is -0.418. The molecule has 19 heavy (non-hydrogen) atoms. The number of carbonyl (C=O) groups excluding carboxylic acids is 1. The Morgan fingerprint density at radius 2 is 2.21 bits per heavy atom. The summed E-state index contributed by atoms with van der Waals surface area (Å²) >= 11 is 6.11. The van der Waals surface area contributed by atoms with E-state index in [-0.39, 0.29) is 23.7 Å². The number of hydrogen-bond acceptors (Lipinski definition) is 2. The zero-order chi connectivity index (χ0) is 14.2. The monoisotopic (exact) mass is 283 g/mol. The van der Waals surface area contributed by atoms with Crippen LogP contribution in [0.15, 0.2) is 18.2 Å². The Hall–Kier alpha value is -1.62. The number of hydrogen-bond donors (Lipinski definition) is 1. The summed E-state index contributed by atoms with van der Waals surface area (Å²) < 4.78 is 15.2. The number of rotatable bonds is 4. The van der Waals surface area contributed by atoms with Crippen molar-refractivity contribution in [3.05, 3.63) is 29.8 Å². The molecule has 2 atom stereocenters. The fraction of sp³-hybridized carbons (Fsp3) is 0.385. The van der Waals surface area contributed by atoms with E-state index >= 15 is 0 Å². The Bertz CT molecular complexity index is 624. The molecule has 2 aromatic rings. The van der Waals surface area contributed by atoms with Crippen molar-refractivity contribution in [3.8, 4) is 0 Å². The van der Waals surface area contributed by atoms with Gasteiger partial charge in [-0.3, -0.25) is 4.79 Å². The van der Waals surface area contributed by atoms with Gasteiger partial charge in [0.15, 0.2) is 0 Å². The van der Waals surface area contributed by atoms with Crippen LogP contribution in [0.1, 0.15) is 37.5 Å². The Balaban J connectivity index is 2.63. The molecule has 1 heterocycles. The molecule has 1 amide bonds. The quantitative estimate of drug-likeness (QED) is 0.877. The first-order valence-corrected chi connectivity index (χ1v) is 6.43. The van der Waals surface area contributed by atoms with E-state index in [0.29, 0.717) is 16.9 Å². The number of halogens is 2. The summed E-state index contributed by atoms with van der Waals surface area (Å²) in [5, 5.41) is -0.342. The zero-order valence-electron chi connectivity index (χ0n) is 10.7. The molecule has 6 heteroatoms. The number of nitrogens with zero attached hydrogens (tertiary/aromatic N) is 2. The number of aromatic nitrogens is 2. The molecule has 2 N–H and O–H groups in total. The van der Waals surface area contributed by atoms with Crippen molar-refractivity contribution in [3.63, 3.8) is 0 Å². The van der Waals surface area contributed by atoms with Crippen LogP contribution >= 0.6 is 11.6 Å². The summed E-state index contributed by atoms with van der Waals surface area (Å²) in [5.41, 5.74) is 6.49. The minimum absolute atomic E-state index is 0.151. The van der Waals surface area contributed by atoms with Crippen LogP contribution in [-0.4, -0.2) is 15.5 Å². The van der Waals surface area contributed by atoms with Crippen LogP contribution in [-0.2, 0) is 4.79 Å². The van der Waals surface area contributed by atoms with Crippen molar-refractivity contribution >= 4 is 28.5 Å². The number of nitrogens with two attached hydrogens (primary N) is 1. The molecule has 1 aromatic heterocycles. The number of alkyl halides is 1. The number of imidazole rings is 1. The second-order valence-corrected chi connectivity index (χ2v) is 5.26. The van der Waals surface area contributed by atoms with Crippen molar-refractivity contribution in [2.24, 2.45) is 5.73 Å². The SMILES string of the molecule is CC(Cl)c1nc2ccc(F)cc2n1C(C)CC(N)=O. The van der Waals surface area contributed by atoms with Crippen molar-refractivity contribution in [2.75, 3.05) is 0 Å². The van der Waals surface area contributed by atoms with Gasteiger partial charge in [-0.2, -0.15) is 0 Å². The third-order valence-corrected chi connectivity index (χ3v) is 3.17. The summed E-state index contributed by atoms with van der Waals surface area (Å²) in [6.45, 7) is 3.62. The molecule has 4 nitrogen and oxygen atoms in total. The molecule has 1 aromatic carbocycles. The molecule has 0 radical (unpaired) electrons. The van der Waals surface area contributed by atoms with Gasteiger partial charge in [0.2, 0.25) is 5.91 Å². The molecule has 0 fully saturated rings. The highest BCUT2D eigenvalue weighted by Crippen LogP contribution is 2.29. The molecule has 0 saturated carbocycles. The second-order valence-electron chi connectivity index (χ2n) is 4.61. The highest BCUT2D eigenvalue weighted by Gasteiger charge is 2.20. The summed E-state index contributed by atoms with van der Waals surface area (Å²) in [5.74, 6) is -0.163. The van der Waals surface area contributed by atoms with Crippen LogP contribution < -0.4 is 5.73 Å². The van der Waals surface area contributed by atoms with Gasteiger partial charge in [0, 0.05) is 12.5 Å². The topological polar surface area (TPSA) is 60.9 Å². The number of primary amides is 1. The molecular weight excluding hydrogens is 269 g/mol. The average Bonchev–Trinajstić information content (AvgIpc) is 2.66. The molecule has 2 rings (SSSR count). The maximum Gasteiger partial charge on any atom is 0.219 e. The second kappa shape index (κ2) is 5.17. The average molecular weight is 284 g/mol. The maximum atomic E-state index is 13.4. The van der Waals surface area contributed by atoms with Gasteiger partial charge in [-0.05, 0) is 32.0 Å². The molecule has 0 spiro atoms. The first kappa shape index (κ1) is 13.8. The lowest BCUT2D eigenvalue weighted by molar-refractivity contribution is -0.118. The van der Waals surface area contributed by atoms with Gasteiger partial charge in [-0.1, -0.05) is 0 Å². The van der Waals surface area contributed by atoms with Crippen LogP contribution in [0.4, 0.5) is 4.39 Å². The molecule has 2 unspecified atom stereocenters. The van der Waals surface area contributed by atoms with Gasteiger partial charge in [0.25, 0.3) is 0 Å². The lowest BCUT2D eigenvalue weighted by Gasteiger charge is -2.17.